The van der Waals surface area contributed by atoms with Crippen LogP contribution in [-0.2, 0) is 0 Å². The van der Waals surface area contributed by atoms with Crippen molar-refractivity contribution in [2.75, 3.05) is 18.3 Å². The van der Waals surface area contributed by atoms with Crippen molar-refractivity contribution in [3.8, 4) is 11.5 Å². The van der Waals surface area contributed by atoms with Crippen LogP contribution in [-0.4, -0.2) is 44.9 Å². The lowest BCUT2D eigenvalue weighted by atomic mass is 10.0. The second kappa shape index (κ2) is 8.66. The van der Waals surface area contributed by atoms with Gasteiger partial charge in [0.25, 0.3) is 5.91 Å². The van der Waals surface area contributed by atoms with Crippen molar-refractivity contribution in [3.63, 3.8) is 0 Å². The van der Waals surface area contributed by atoms with Crippen LogP contribution in [0, 0.1) is 5.82 Å². The maximum Gasteiger partial charge on any atom is 0.278 e. The molecule has 0 fully saturated rings. The standard InChI is InChI=1S/C25H23FN4O4/c1-2-16-7-6-14-34-24-17(8-5-9-18(24)26)21(19-10-3-4-12-27-19)30-15-28(16)25(33)22-23(32)20(31)11-13-29(22)30/h3-13,16,21,32H,2,14-15H2,1H3/b7-6-/t16-,21+/m1/s1. The number of carbonyl (C=O) groups excluding carboxylic acids is 1. The van der Waals surface area contributed by atoms with Gasteiger partial charge in [0.05, 0.1) is 11.7 Å². The summed E-state index contributed by atoms with van der Waals surface area (Å²) >= 11 is 0. The number of rotatable bonds is 2. The Morgan fingerprint density at radius 2 is 2.03 bits per heavy atom. The quantitative estimate of drug-likeness (QED) is 0.590. The molecule has 0 saturated heterocycles. The number of hydrogen-bond acceptors (Lipinski definition) is 6. The lowest BCUT2D eigenvalue weighted by Gasteiger charge is -2.45. The number of pyridine rings is 2. The molecule has 8 nitrogen and oxygen atoms in total. The highest BCUT2D eigenvalue weighted by Crippen LogP contribution is 2.38. The summed E-state index contributed by atoms with van der Waals surface area (Å²) in [5.74, 6) is -1.55. The molecule has 2 bridgehead atoms. The van der Waals surface area contributed by atoms with E-state index in [-0.39, 0.29) is 30.8 Å². The first kappa shape index (κ1) is 21.7. The summed E-state index contributed by atoms with van der Waals surface area (Å²) in [7, 11) is 0. The molecular weight excluding hydrogens is 439 g/mol. The molecule has 2 aliphatic heterocycles. The van der Waals surface area contributed by atoms with Crippen LogP contribution in [0.15, 0.2) is 71.8 Å². The van der Waals surface area contributed by atoms with Crippen LogP contribution in [0.1, 0.15) is 41.1 Å². The van der Waals surface area contributed by atoms with E-state index in [4.69, 9.17) is 4.74 Å². The highest BCUT2D eigenvalue weighted by atomic mass is 19.1. The number of para-hydroxylation sites is 1. The number of amides is 1. The Labute approximate surface area is 195 Å². The van der Waals surface area contributed by atoms with Gasteiger partial charge in [0.15, 0.2) is 23.0 Å². The molecule has 0 unspecified atom stereocenters. The largest absolute Gasteiger partial charge is 0.502 e. The van der Waals surface area contributed by atoms with E-state index in [1.54, 1.807) is 46.4 Å². The molecule has 2 aliphatic rings. The maximum absolute atomic E-state index is 15.0. The molecule has 1 amide bonds. The van der Waals surface area contributed by atoms with Gasteiger partial charge in [0, 0.05) is 24.0 Å². The number of carbonyl (C=O) groups is 1. The second-order valence-corrected chi connectivity index (χ2v) is 8.11. The topological polar surface area (TPSA) is 87.9 Å². The average Bonchev–Trinajstić information content (AvgIpc) is 2.87. The molecule has 0 aliphatic carbocycles. The third kappa shape index (κ3) is 3.49. The average molecular weight is 462 g/mol. The van der Waals surface area contributed by atoms with Crippen LogP contribution in [0.4, 0.5) is 4.39 Å². The van der Waals surface area contributed by atoms with Crippen molar-refractivity contribution >= 4 is 5.91 Å². The third-order valence-corrected chi connectivity index (χ3v) is 6.15. The predicted molar refractivity (Wildman–Crippen MR) is 123 cm³/mol. The van der Waals surface area contributed by atoms with Crippen LogP contribution in [0.3, 0.4) is 0 Å². The summed E-state index contributed by atoms with van der Waals surface area (Å²) < 4.78 is 22.3. The normalized spacial score (nSPS) is 20.6. The minimum absolute atomic E-state index is 0.0769. The molecule has 9 heteroatoms. The molecule has 4 heterocycles. The van der Waals surface area contributed by atoms with Gasteiger partial charge in [-0.15, -0.1) is 0 Å². The van der Waals surface area contributed by atoms with Gasteiger partial charge in [-0.05, 0) is 30.7 Å². The Morgan fingerprint density at radius 3 is 2.79 bits per heavy atom. The number of aromatic nitrogens is 2. The van der Waals surface area contributed by atoms with Crippen molar-refractivity contribution in [1.29, 1.82) is 0 Å². The van der Waals surface area contributed by atoms with Gasteiger partial charge in [-0.1, -0.05) is 31.2 Å². The number of benzene rings is 1. The molecule has 2 atom stereocenters. The van der Waals surface area contributed by atoms with Gasteiger partial charge < -0.3 is 14.7 Å². The van der Waals surface area contributed by atoms with Gasteiger partial charge in [-0.2, -0.15) is 0 Å². The molecule has 34 heavy (non-hydrogen) atoms. The Morgan fingerprint density at radius 1 is 1.18 bits per heavy atom. The van der Waals surface area contributed by atoms with E-state index in [1.165, 1.54) is 23.0 Å². The first-order valence-corrected chi connectivity index (χ1v) is 11.0. The summed E-state index contributed by atoms with van der Waals surface area (Å²) in [5.41, 5.74) is 0.278. The van der Waals surface area contributed by atoms with Crippen LogP contribution in [0.5, 0.6) is 11.5 Å². The van der Waals surface area contributed by atoms with Crippen LogP contribution >= 0.6 is 0 Å². The highest BCUT2D eigenvalue weighted by Gasteiger charge is 2.40. The number of nitrogens with zero attached hydrogens (tertiary/aromatic N) is 4. The van der Waals surface area contributed by atoms with Crippen molar-refractivity contribution in [3.05, 3.63) is 100 Å². The fourth-order valence-corrected chi connectivity index (χ4v) is 4.52. The highest BCUT2D eigenvalue weighted by molar-refractivity contribution is 5.96. The van der Waals surface area contributed by atoms with Gasteiger partial charge in [-0.3, -0.25) is 24.3 Å². The molecule has 0 radical (unpaired) electrons. The maximum atomic E-state index is 15.0. The summed E-state index contributed by atoms with van der Waals surface area (Å²) in [6.45, 7) is 2.15. The predicted octanol–water partition coefficient (Wildman–Crippen LogP) is 2.96. The van der Waals surface area contributed by atoms with E-state index in [0.29, 0.717) is 17.7 Å². The lowest BCUT2D eigenvalue weighted by molar-refractivity contribution is 0.0625. The summed E-state index contributed by atoms with van der Waals surface area (Å²) in [6.07, 6.45) is 7.23. The monoisotopic (exact) mass is 462 g/mol. The van der Waals surface area contributed by atoms with Crippen molar-refractivity contribution in [2.24, 2.45) is 0 Å². The Kier molecular flexibility index (Phi) is 5.53. The molecule has 0 saturated carbocycles. The van der Waals surface area contributed by atoms with Crippen molar-refractivity contribution in [2.45, 2.75) is 25.4 Å². The minimum atomic E-state index is -0.696. The molecular formula is C25H23FN4O4. The van der Waals surface area contributed by atoms with E-state index in [2.05, 4.69) is 4.98 Å². The molecule has 3 aromatic rings. The minimum Gasteiger partial charge on any atom is -0.502 e. The van der Waals surface area contributed by atoms with Crippen molar-refractivity contribution < 1.29 is 19.0 Å². The number of halogens is 1. The van der Waals surface area contributed by atoms with E-state index in [0.717, 1.165) is 0 Å². The van der Waals surface area contributed by atoms with Gasteiger partial charge >= 0.3 is 0 Å². The SMILES string of the molecule is CC[C@@H]1/C=C\COc2c(F)cccc2[C@@H](c2ccccn2)N2CN1C(=O)c1c(O)c(=O)ccn12. The number of hydrogen-bond donors (Lipinski definition) is 1. The van der Waals surface area contributed by atoms with Gasteiger partial charge in [-0.25, -0.2) is 4.39 Å². The summed E-state index contributed by atoms with van der Waals surface area (Å²) in [4.78, 5) is 31.9. The first-order valence-electron chi connectivity index (χ1n) is 11.0. The first-order chi connectivity index (χ1) is 16.5. The fraction of sp³-hybridized carbons (Fsp3) is 0.240. The number of fused-ring (bicyclic) bond motifs is 5. The smallest absolute Gasteiger partial charge is 0.278 e. The van der Waals surface area contributed by atoms with Crippen LogP contribution in [0.2, 0.25) is 0 Å². The Bertz CT molecular complexity index is 1320. The van der Waals surface area contributed by atoms with E-state index in [1.807, 2.05) is 19.1 Å². The van der Waals surface area contributed by atoms with E-state index in [9.17, 15) is 14.7 Å². The third-order valence-electron chi connectivity index (χ3n) is 6.15. The Balaban J connectivity index is 1.83. The van der Waals surface area contributed by atoms with E-state index < -0.39 is 28.9 Å². The lowest BCUT2D eigenvalue weighted by Crippen LogP contribution is -2.57. The van der Waals surface area contributed by atoms with Gasteiger partial charge in [0.2, 0.25) is 5.43 Å². The van der Waals surface area contributed by atoms with E-state index >= 15 is 4.39 Å². The number of aromatic hydroxyl groups is 1. The summed E-state index contributed by atoms with van der Waals surface area (Å²) in [5, 5.41) is 12.4. The zero-order valence-corrected chi connectivity index (χ0v) is 18.5. The molecule has 1 aromatic carbocycles. The van der Waals surface area contributed by atoms with Gasteiger partial charge in [0.1, 0.15) is 19.3 Å². The molecule has 0 spiro atoms. The van der Waals surface area contributed by atoms with Crippen LogP contribution < -0.4 is 15.2 Å². The molecule has 2 aromatic heterocycles. The zero-order valence-electron chi connectivity index (χ0n) is 18.5. The number of ether oxygens (including phenoxy) is 1. The molecule has 1 N–H and O–H groups in total. The Hall–Kier alpha value is -4.14. The summed E-state index contributed by atoms with van der Waals surface area (Å²) in [6, 6.07) is 10.2. The van der Waals surface area contributed by atoms with Crippen LogP contribution in [0.25, 0.3) is 0 Å². The molecule has 5 rings (SSSR count). The van der Waals surface area contributed by atoms with Crippen molar-refractivity contribution in [1.82, 2.24) is 14.6 Å². The molecule has 174 valence electrons. The zero-order chi connectivity index (χ0) is 23.8. The second-order valence-electron chi connectivity index (χ2n) is 8.11. The fourth-order valence-electron chi connectivity index (χ4n) is 4.52.